The number of benzene rings is 2. The van der Waals surface area contributed by atoms with Crippen molar-refractivity contribution in [3.8, 4) is 17.2 Å². The Morgan fingerprint density at radius 1 is 1.28 bits per heavy atom. The minimum Gasteiger partial charge on any atom is -0.504 e. The van der Waals surface area contributed by atoms with Crippen molar-refractivity contribution in [2.24, 2.45) is 5.92 Å². The number of phenols is 1. The van der Waals surface area contributed by atoms with E-state index in [0.717, 1.165) is 17.7 Å². The van der Waals surface area contributed by atoms with E-state index in [1.807, 2.05) is 20.0 Å². The number of aliphatic hydroxyl groups is 1. The van der Waals surface area contributed by atoms with Crippen LogP contribution in [0.15, 0.2) is 42.5 Å². The topological polar surface area (TPSA) is 82.5 Å². The van der Waals surface area contributed by atoms with Crippen LogP contribution in [0.2, 0.25) is 0 Å². The molecule has 6 atom stereocenters. The number of piperidine rings is 1. The number of amides is 1. The standard InChI is InChI=1S/C29H31F3N2O5/c1-16-15-28(37)21-14-18-8-9-20(35)25-23(18)27(28,11-12-33(21)2)26(38-25)24(16)34(3)22(36)10-7-17-5-4-6-19(13-17)39-29(30,31)32/h4-10,13,16,21,24,26,35,37H,11-12,14-15H2,1-3H3/t16-,21+,24-,26-,27-,28+/m0/s1. The highest BCUT2D eigenvalue weighted by molar-refractivity contribution is 5.92. The van der Waals surface area contributed by atoms with Gasteiger partial charge in [-0.25, -0.2) is 0 Å². The molecule has 7 nitrogen and oxygen atoms in total. The number of ether oxygens (including phenoxy) is 2. The van der Waals surface area contributed by atoms with E-state index in [4.69, 9.17) is 4.74 Å². The van der Waals surface area contributed by atoms with Crippen LogP contribution in [0.5, 0.6) is 17.2 Å². The summed E-state index contributed by atoms with van der Waals surface area (Å²) in [6.07, 6.45) is -0.881. The molecule has 2 aromatic carbocycles. The Morgan fingerprint density at radius 3 is 2.79 bits per heavy atom. The van der Waals surface area contributed by atoms with Gasteiger partial charge in [-0.3, -0.25) is 4.79 Å². The summed E-state index contributed by atoms with van der Waals surface area (Å²) in [6, 6.07) is 8.42. The summed E-state index contributed by atoms with van der Waals surface area (Å²) in [6.45, 7) is 2.74. The van der Waals surface area contributed by atoms with Crippen molar-refractivity contribution in [2.75, 3.05) is 20.6 Å². The monoisotopic (exact) mass is 544 g/mol. The molecule has 0 radical (unpaired) electrons. The summed E-state index contributed by atoms with van der Waals surface area (Å²) < 4.78 is 48.3. The number of carbonyl (C=O) groups excluding carboxylic acids is 1. The molecule has 1 saturated heterocycles. The Labute approximate surface area is 224 Å². The second-order valence-electron chi connectivity index (χ2n) is 11.4. The van der Waals surface area contributed by atoms with Crippen LogP contribution in [0.4, 0.5) is 13.2 Å². The number of hydrogen-bond acceptors (Lipinski definition) is 6. The molecular weight excluding hydrogens is 513 g/mol. The van der Waals surface area contributed by atoms with E-state index in [0.29, 0.717) is 30.6 Å². The predicted molar refractivity (Wildman–Crippen MR) is 136 cm³/mol. The third-order valence-corrected chi connectivity index (χ3v) is 9.36. The number of likely N-dealkylation sites (N-methyl/N-ethyl adjacent to an activating group) is 2. The largest absolute Gasteiger partial charge is 0.573 e. The lowest BCUT2D eigenvalue weighted by Crippen LogP contribution is -2.79. The zero-order valence-corrected chi connectivity index (χ0v) is 21.9. The summed E-state index contributed by atoms with van der Waals surface area (Å²) >= 11 is 0. The van der Waals surface area contributed by atoms with Gasteiger partial charge in [0.25, 0.3) is 0 Å². The van der Waals surface area contributed by atoms with Gasteiger partial charge in [-0.15, -0.1) is 13.2 Å². The van der Waals surface area contributed by atoms with Crippen LogP contribution >= 0.6 is 0 Å². The van der Waals surface area contributed by atoms with Gasteiger partial charge in [-0.1, -0.05) is 25.1 Å². The second-order valence-corrected chi connectivity index (χ2v) is 11.4. The Bertz CT molecular complexity index is 1360. The number of aromatic hydroxyl groups is 1. The molecule has 1 spiro atoms. The fraction of sp³-hybridized carbons (Fsp3) is 0.483. The van der Waals surface area contributed by atoms with Gasteiger partial charge >= 0.3 is 6.36 Å². The number of hydrogen-bond donors (Lipinski definition) is 2. The minimum atomic E-state index is -4.81. The maximum absolute atomic E-state index is 13.4. The third-order valence-electron chi connectivity index (χ3n) is 9.36. The van der Waals surface area contributed by atoms with Crippen LogP contribution in [0.3, 0.4) is 0 Å². The highest BCUT2D eigenvalue weighted by Gasteiger charge is 2.74. The van der Waals surface area contributed by atoms with Gasteiger partial charge in [0.15, 0.2) is 11.5 Å². The number of rotatable bonds is 4. The Balaban J connectivity index is 1.33. The Morgan fingerprint density at radius 2 is 2.05 bits per heavy atom. The lowest BCUT2D eigenvalue weighted by atomic mass is 9.47. The molecule has 39 heavy (non-hydrogen) atoms. The van der Waals surface area contributed by atoms with E-state index in [2.05, 4.69) is 9.64 Å². The van der Waals surface area contributed by atoms with Crippen LogP contribution < -0.4 is 9.47 Å². The Hall–Kier alpha value is -3.24. The second kappa shape index (κ2) is 8.63. The minimum absolute atomic E-state index is 0.0264. The summed E-state index contributed by atoms with van der Waals surface area (Å²) in [4.78, 5) is 17.2. The summed E-state index contributed by atoms with van der Waals surface area (Å²) in [5.74, 6) is -0.424. The van der Waals surface area contributed by atoms with Gasteiger partial charge in [0.05, 0.1) is 17.1 Å². The Kier molecular flexibility index (Phi) is 5.75. The lowest BCUT2D eigenvalue weighted by molar-refractivity contribution is -0.274. The molecule has 2 aliphatic heterocycles. The number of phenolic OH excluding ortho intramolecular Hbond substituents is 1. The molecule has 0 aromatic heterocycles. The van der Waals surface area contributed by atoms with E-state index < -0.39 is 29.5 Å². The van der Waals surface area contributed by atoms with Crippen molar-refractivity contribution in [1.29, 1.82) is 0 Å². The van der Waals surface area contributed by atoms with Crippen LogP contribution in [0, 0.1) is 5.92 Å². The molecule has 2 heterocycles. The van der Waals surface area contributed by atoms with E-state index >= 15 is 0 Å². The van der Waals surface area contributed by atoms with Gasteiger partial charge in [0.2, 0.25) is 5.91 Å². The molecule has 1 saturated carbocycles. The number of alkyl halides is 3. The fourth-order valence-corrected chi connectivity index (χ4v) is 7.83. The first-order chi connectivity index (χ1) is 18.4. The lowest BCUT2D eigenvalue weighted by Gasteiger charge is -2.65. The molecular formula is C29H31F3N2O5. The van der Waals surface area contributed by atoms with E-state index in [-0.39, 0.29) is 29.4 Å². The quantitative estimate of drug-likeness (QED) is 0.569. The van der Waals surface area contributed by atoms with Gasteiger partial charge in [0.1, 0.15) is 11.9 Å². The molecule has 2 fully saturated rings. The van der Waals surface area contributed by atoms with Gasteiger partial charge in [-0.05, 0) is 74.2 Å². The molecule has 1 amide bonds. The number of carbonyl (C=O) groups is 1. The highest BCUT2D eigenvalue weighted by Crippen LogP contribution is 2.66. The molecule has 2 bridgehead atoms. The van der Waals surface area contributed by atoms with Crippen molar-refractivity contribution in [3.05, 3.63) is 59.2 Å². The van der Waals surface area contributed by atoms with Crippen LogP contribution in [0.25, 0.3) is 6.08 Å². The van der Waals surface area contributed by atoms with Crippen LogP contribution in [-0.2, 0) is 16.6 Å². The summed E-state index contributed by atoms with van der Waals surface area (Å²) in [5, 5.41) is 23.2. The van der Waals surface area contributed by atoms with Crippen molar-refractivity contribution in [1.82, 2.24) is 9.80 Å². The van der Waals surface area contributed by atoms with Gasteiger partial charge in [-0.2, -0.15) is 0 Å². The van der Waals surface area contributed by atoms with Crippen molar-refractivity contribution in [3.63, 3.8) is 0 Å². The first-order valence-electron chi connectivity index (χ1n) is 13.1. The van der Waals surface area contributed by atoms with Crippen LogP contribution in [-0.4, -0.2) is 76.7 Å². The molecule has 6 rings (SSSR count). The van der Waals surface area contributed by atoms with E-state index in [1.165, 1.54) is 30.4 Å². The average molecular weight is 545 g/mol. The summed E-state index contributed by atoms with van der Waals surface area (Å²) in [5.41, 5.74) is 0.437. The van der Waals surface area contributed by atoms with Crippen molar-refractivity contribution < 1.29 is 37.7 Å². The first-order valence-corrected chi connectivity index (χ1v) is 13.1. The zero-order chi connectivity index (χ0) is 27.9. The normalized spacial score (nSPS) is 33.0. The SMILES string of the molecule is C[C@H]1C[C@@]2(O)[C@H]3Cc4ccc(O)c5c4[C@@]2(CCN3C)[C@@H](O5)[C@H]1N(C)C(=O)C=Cc1cccc(OC(F)(F)F)c1. The molecule has 2 N–H and O–H groups in total. The number of nitrogens with zero attached hydrogens (tertiary/aromatic N) is 2. The van der Waals surface area contributed by atoms with Crippen LogP contribution in [0.1, 0.15) is 36.5 Å². The van der Waals surface area contributed by atoms with Gasteiger partial charge in [0, 0.05) is 24.7 Å². The highest BCUT2D eigenvalue weighted by atomic mass is 19.4. The van der Waals surface area contributed by atoms with Gasteiger partial charge < -0.3 is 29.5 Å². The molecule has 2 aliphatic carbocycles. The zero-order valence-electron chi connectivity index (χ0n) is 21.9. The maximum atomic E-state index is 13.4. The summed E-state index contributed by atoms with van der Waals surface area (Å²) in [7, 11) is 3.71. The number of likely N-dealkylation sites (tertiary alicyclic amines) is 1. The first kappa shape index (κ1) is 26.0. The third kappa shape index (κ3) is 3.75. The maximum Gasteiger partial charge on any atom is 0.573 e. The molecule has 208 valence electrons. The van der Waals surface area contributed by atoms with Crippen molar-refractivity contribution >= 4 is 12.0 Å². The smallest absolute Gasteiger partial charge is 0.504 e. The fourth-order valence-electron chi connectivity index (χ4n) is 7.83. The molecule has 4 aliphatic rings. The predicted octanol–water partition coefficient (Wildman–Crippen LogP) is 3.86. The molecule has 2 aromatic rings. The average Bonchev–Trinajstić information content (AvgIpc) is 3.20. The van der Waals surface area contributed by atoms with E-state index in [1.54, 1.807) is 24.1 Å². The molecule has 10 heteroatoms. The number of halogens is 3. The van der Waals surface area contributed by atoms with E-state index in [9.17, 15) is 28.2 Å². The van der Waals surface area contributed by atoms with Crippen molar-refractivity contribution in [2.45, 2.75) is 61.8 Å². The molecule has 0 unspecified atom stereocenters.